The van der Waals surface area contributed by atoms with Gasteiger partial charge in [-0.15, -0.1) is 0 Å². The molecule has 29 heavy (non-hydrogen) atoms. The van der Waals surface area contributed by atoms with Crippen LogP contribution in [0.1, 0.15) is 16.7 Å². The highest BCUT2D eigenvalue weighted by molar-refractivity contribution is 7.80. The molecule has 5 heteroatoms. The highest BCUT2D eigenvalue weighted by Gasteiger charge is 2.56. The van der Waals surface area contributed by atoms with Crippen molar-refractivity contribution in [3.63, 3.8) is 0 Å². The van der Waals surface area contributed by atoms with E-state index in [-0.39, 0.29) is 12.2 Å². The number of thiol groups is 1. The van der Waals surface area contributed by atoms with E-state index in [0.29, 0.717) is 11.1 Å². The number of aliphatic hydroxyl groups is 1. The van der Waals surface area contributed by atoms with E-state index in [4.69, 9.17) is 11.5 Å². The predicted molar refractivity (Wildman–Crippen MR) is 120 cm³/mol. The van der Waals surface area contributed by atoms with E-state index in [2.05, 4.69) is 12.6 Å². The average Bonchev–Trinajstić information content (AvgIpc) is 2.79. The Balaban J connectivity index is 2.27. The van der Waals surface area contributed by atoms with Crippen LogP contribution in [0.3, 0.4) is 0 Å². The molecule has 0 saturated heterocycles. The van der Waals surface area contributed by atoms with Crippen LogP contribution in [-0.2, 0) is 16.8 Å². The summed E-state index contributed by atoms with van der Waals surface area (Å²) in [4.78, 5) is 13.5. The van der Waals surface area contributed by atoms with Gasteiger partial charge in [-0.1, -0.05) is 91.0 Å². The Labute approximate surface area is 177 Å². The van der Waals surface area contributed by atoms with E-state index in [0.717, 1.165) is 5.56 Å². The zero-order valence-corrected chi connectivity index (χ0v) is 17.0. The summed E-state index contributed by atoms with van der Waals surface area (Å²) in [5.41, 5.74) is 11.6. The van der Waals surface area contributed by atoms with Crippen LogP contribution in [-0.4, -0.2) is 28.3 Å². The maximum absolute atomic E-state index is 13.5. The Morgan fingerprint density at radius 1 is 0.862 bits per heavy atom. The lowest BCUT2D eigenvalue weighted by molar-refractivity contribution is -0.145. The molecular formula is C24H26N2O2S. The van der Waals surface area contributed by atoms with Crippen molar-refractivity contribution < 1.29 is 9.90 Å². The van der Waals surface area contributed by atoms with Crippen molar-refractivity contribution in [3.8, 4) is 0 Å². The van der Waals surface area contributed by atoms with Crippen LogP contribution in [0.2, 0.25) is 0 Å². The second kappa shape index (κ2) is 8.93. The molecule has 0 amide bonds. The van der Waals surface area contributed by atoms with Gasteiger partial charge in [0.05, 0.1) is 6.04 Å². The molecule has 2 atom stereocenters. The minimum absolute atomic E-state index is 0.0223. The van der Waals surface area contributed by atoms with E-state index < -0.39 is 23.0 Å². The van der Waals surface area contributed by atoms with Gasteiger partial charge in [-0.25, -0.2) is 0 Å². The zero-order chi connectivity index (χ0) is 20.9. The third-order valence-electron chi connectivity index (χ3n) is 5.35. The average molecular weight is 407 g/mol. The third-order valence-corrected chi connectivity index (χ3v) is 5.75. The largest absolute Gasteiger partial charge is 0.379 e. The summed E-state index contributed by atoms with van der Waals surface area (Å²) in [6, 6.07) is 26.8. The number of hydrogen-bond donors (Lipinski definition) is 4. The molecule has 1 unspecified atom stereocenters. The molecule has 3 rings (SSSR count). The zero-order valence-electron chi connectivity index (χ0n) is 16.1. The van der Waals surface area contributed by atoms with E-state index in [1.165, 1.54) is 0 Å². The highest BCUT2D eigenvalue weighted by Crippen LogP contribution is 2.40. The normalized spacial score (nSPS) is 14.8. The van der Waals surface area contributed by atoms with E-state index >= 15 is 0 Å². The quantitative estimate of drug-likeness (QED) is 0.433. The Morgan fingerprint density at radius 3 is 1.69 bits per heavy atom. The molecule has 0 aliphatic carbocycles. The van der Waals surface area contributed by atoms with Crippen LogP contribution in [0, 0.1) is 0 Å². The molecule has 0 fully saturated rings. The third kappa shape index (κ3) is 4.00. The van der Waals surface area contributed by atoms with Crippen molar-refractivity contribution in [2.24, 2.45) is 11.5 Å². The first-order valence-electron chi connectivity index (χ1n) is 9.50. The van der Waals surface area contributed by atoms with E-state index in [1.54, 1.807) is 0 Å². The molecule has 5 N–H and O–H groups in total. The van der Waals surface area contributed by atoms with Gasteiger partial charge in [0, 0.05) is 12.2 Å². The number of nitrogens with two attached hydrogens (primary N) is 2. The lowest BCUT2D eigenvalue weighted by Crippen LogP contribution is -2.67. The van der Waals surface area contributed by atoms with Gasteiger partial charge < -0.3 is 16.6 Å². The number of hydrogen-bond acceptors (Lipinski definition) is 5. The molecule has 3 aromatic carbocycles. The van der Waals surface area contributed by atoms with Crippen LogP contribution in [0.25, 0.3) is 0 Å². The van der Waals surface area contributed by atoms with Gasteiger partial charge in [0.25, 0.3) is 0 Å². The topological polar surface area (TPSA) is 89.3 Å². The monoisotopic (exact) mass is 406 g/mol. The molecule has 150 valence electrons. The summed E-state index contributed by atoms with van der Waals surface area (Å²) in [7, 11) is 0. The van der Waals surface area contributed by atoms with Crippen molar-refractivity contribution in [1.82, 2.24) is 0 Å². The van der Waals surface area contributed by atoms with Gasteiger partial charge in [0.1, 0.15) is 5.54 Å². The Bertz CT molecular complexity index is 895. The van der Waals surface area contributed by atoms with Crippen molar-refractivity contribution in [1.29, 1.82) is 0 Å². The molecular weight excluding hydrogens is 380 g/mol. The summed E-state index contributed by atoms with van der Waals surface area (Å²) in [6.45, 7) is 0. The van der Waals surface area contributed by atoms with Crippen molar-refractivity contribution in [2.75, 3.05) is 5.75 Å². The van der Waals surface area contributed by atoms with Gasteiger partial charge in [0.2, 0.25) is 0 Å². The summed E-state index contributed by atoms with van der Waals surface area (Å²) >= 11 is 4.19. The van der Waals surface area contributed by atoms with E-state index in [9.17, 15) is 9.90 Å². The Hall–Kier alpha value is -2.44. The SMILES string of the molecule is N[C@@H](CS)C(=O)C(O)(Cc1ccccc1)C(N)(c1ccccc1)c1ccccc1. The number of carbonyl (C=O) groups excluding carboxylic acids is 1. The van der Waals surface area contributed by atoms with Crippen molar-refractivity contribution in [2.45, 2.75) is 23.6 Å². The summed E-state index contributed by atoms with van der Waals surface area (Å²) < 4.78 is 0. The van der Waals surface area contributed by atoms with Gasteiger partial charge in [-0.05, 0) is 16.7 Å². The molecule has 0 spiro atoms. The first kappa shape index (κ1) is 21.3. The first-order valence-corrected chi connectivity index (χ1v) is 10.1. The molecule has 3 aromatic rings. The first-order chi connectivity index (χ1) is 13.9. The second-order valence-electron chi connectivity index (χ2n) is 7.22. The second-order valence-corrected chi connectivity index (χ2v) is 7.58. The smallest absolute Gasteiger partial charge is 0.184 e. The van der Waals surface area contributed by atoms with Crippen LogP contribution in [0.15, 0.2) is 91.0 Å². The van der Waals surface area contributed by atoms with Crippen molar-refractivity contribution in [3.05, 3.63) is 108 Å². The van der Waals surface area contributed by atoms with Gasteiger partial charge in [-0.2, -0.15) is 12.6 Å². The summed E-state index contributed by atoms with van der Waals surface area (Å²) in [5, 5.41) is 12.1. The number of rotatable bonds is 8. The fraction of sp³-hybridized carbons (Fsp3) is 0.208. The molecule has 0 aliphatic rings. The predicted octanol–water partition coefficient (Wildman–Crippen LogP) is 2.69. The maximum atomic E-state index is 13.5. The fourth-order valence-corrected chi connectivity index (χ4v) is 3.91. The molecule has 0 heterocycles. The molecule has 4 nitrogen and oxygen atoms in total. The number of Topliss-reactive ketones (excluding diaryl/α,β-unsaturated/α-hetero) is 1. The van der Waals surface area contributed by atoms with Crippen LogP contribution in [0.5, 0.6) is 0 Å². The lowest BCUT2D eigenvalue weighted by Gasteiger charge is -2.45. The van der Waals surface area contributed by atoms with Gasteiger partial charge >= 0.3 is 0 Å². The number of benzene rings is 3. The highest BCUT2D eigenvalue weighted by atomic mass is 32.1. The summed E-state index contributed by atoms with van der Waals surface area (Å²) in [6.07, 6.45) is 0.0223. The van der Waals surface area contributed by atoms with Crippen LogP contribution < -0.4 is 11.5 Å². The maximum Gasteiger partial charge on any atom is 0.184 e. The van der Waals surface area contributed by atoms with Crippen molar-refractivity contribution >= 4 is 18.4 Å². The molecule has 0 saturated carbocycles. The minimum Gasteiger partial charge on any atom is -0.379 e. The molecule has 0 bridgehead atoms. The van der Waals surface area contributed by atoms with E-state index in [1.807, 2.05) is 91.0 Å². The number of ketones is 1. The Kier molecular flexibility index (Phi) is 6.55. The van der Waals surface area contributed by atoms with Gasteiger partial charge in [-0.3, -0.25) is 4.79 Å². The lowest BCUT2D eigenvalue weighted by atomic mass is 9.65. The summed E-state index contributed by atoms with van der Waals surface area (Å²) in [5.74, 6) is -0.429. The van der Waals surface area contributed by atoms with Gasteiger partial charge in [0.15, 0.2) is 11.4 Å². The van der Waals surface area contributed by atoms with Crippen LogP contribution in [0.4, 0.5) is 0 Å². The molecule has 0 radical (unpaired) electrons. The van der Waals surface area contributed by atoms with Crippen LogP contribution >= 0.6 is 12.6 Å². The molecule has 0 aliphatic heterocycles. The standard InChI is InChI=1S/C24H26N2O2S/c25-21(17-29)22(27)23(28,16-18-10-4-1-5-11-18)24(26,19-12-6-2-7-13-19)20-14-8-3-9-15-20/h1-15,21,28-29H,16-17,25-26H2/t21-,23?/m0/s1. The minimum atomic E-state index is -1.99. The number of carbonyl (C=O) groups is 1. The Morgan fingerprint density at radius 2 is 1.28 bits per heavy atom. The fourth-order valence-electron chi connectivity index (χ4n) is 3.75. The molecule has 0 aromatic heterocycles.